The number of methoxy groups -OCH3 is 1. The van der Waals surface area contributed by atoms with Gasteiger partial charge in [0.25, 0.3) is 0 Å². The first-order valence-electron chi connectivity index (χ1n) is 5.32. The maximum absolute atomic E-state index is 13.3. The summed E-state index contributed by atoms with van der Waals surface area (Å²) in [4.78, 5) is 11.4. The first kappa shape index (κ1) is 14.0. The molecule has 0 bridgehead atoms. The second-order valence-electron chi connectivity index (χ2n) is 4.39. The number of hydrogen-bond acceptors (Lipinski definition) is 4. The van der Waals surface area contributed by atoms with Crippen molar-refractivity contribution in [1.29, 1.82) is 5.26 Å². The van der Waals surface area contributed by atoms with Crippen LogP contribution < -0.4 is 4.74 Å². The van der Waals surface area contributed by atoms with Crippen LogP contribution in [0.4, 0.5) is 4.39 Å². The summed E-state index contributed by atoms with van der Waals surface area (Å²) in [5.74, 6) is -0.960. The summed E-state index contributed by atoms with van der Waals surface area (Å²) < 4.78 is 23.3. The zero-order valence-electron chi connectivity index (χ0n) is 10.5. The molecule has 0 heterocycles. The lowest BCUT2D eigenvalue weighted by Crippen LogP contribution is -2.32. The Hall–Kier alpha value is -2.09. The van der Waals surface area contributed by atoms with E-state index >= 15 is 0 Å². The summed E-state index contributed by atoms with van der Waals surface area (Å²) >= 11 is 0. The molecule has 96 valence electrons. The Morgan fingerprint density at radius 2 is 2.17 bits per heavy atom. The van der Waals surface area contributed by atoms with Crippen LogP contribution in [0.3, 0.4) is 0 Å². The Balaban J connectivity index is 2.85. The topological polar surface area (TPSA) is 59.3 Å². The first-order chi connectivity index (χ1) is 8.42. The molecule has 0 unspecified atom stereocenters. The summed E-state index contributed by atoms with van der Waals surface area (Å²) in [6.45, 7) is 3.28. The minimum Gasteiger partial charge on any atom is -0.491 e. The summed E-state index contributed by atoms with van der Waals surface area (Å²) in [6, 6.07) is 5.83. The smallest absolute Gasteiger partial charge is 0.314 e. The number of rotatable bonds is 4. The van der Waals surface area contributed by atoms with Gasteiger partial charge in [0.15, 0.2) is 0 Å². The molecule has 0 aliphatic rings. The first-order valence-corrected chi connectivity index (χ1v) is 5.32. The van der Waals surface area contributed by atoms with E-state index in [0.29, 0.717) is 0 Å². The fourth-order valence-electron chi connectivity index (χ4n) is 1.33. The molecule has 1 rings (SSSR count). The van der Waals surface area contributed by atoms with E-state index in [1.165, 1.54) is 25.3 Å². The minimum absolute atomic E-state index is 0.00218. The van der Waals surface area contributed by atoms with Gasteiger partial charge in [0.2, 0.25) is 0 Å². The van der Waals surface area contributed by atoms with E-state index in [0.717, 1.165) is 0 Å². The number of carbonyl (C=O) groups is 1. The van der Waals surface area contributed by atoms with Crippen molar-refractivity contribution in [3.8, 4) is 11.8 Å². The third-order valence-electron chi connectivity index (χ3n) is 2.41. The molecule has 0 saturated carbocycles. The highest BCUT2D eigenvalue weighted by molar-refractivity contribution is 5.75. The highest BCUT2D eigenvalue weighted by atomic mass is 19.1. The third kappa shape index (κ3) is 2.98. The maximum Gasteiger partial charge on any atom is 0.314 e. The normalized spacial score (nSPS) is 10.6. The van der Waals surface area contributed by atoms with Gasteiger partial charge in [-0.3, -0.25) is 4.79 Å². The van der Waals surface area contributed by atoms with E-state index in [4.69, 9.17) is 10.00 Å². The zero-order chi connectivity index (χ0) is 13.8. The largest absolute Gasteiger partial charge is 0.491 e. The van der Waals surface area contributed by atoms with Crippen molar-refractivity contribution in [3.63, 3.8) is 0 Å². The highest BCUT2D eigenvalue weighted by Gasteiger charge is 2.30. The van der Waals surface area contributed by atoms with Crippen molar-refractivity contribution in [2.75, 3.05) is 13.7 Å². The molecule has 0 saturated heterocycles. The quantitative estimate of drug-likeness (QED) is 0.770. The van der Waals surface area contributed by atoms with Crippen LogP contribution in [-0.2, 0) is 9.53 Å². The molecule has 18 heavy (non-hydrogen) atoms. The average molecular weight is 251 g/mol. The molecule has 0 spiro atoms. The predicted molar refractivity (Wildman–Crippen MR) is 62.4 cm³/mol. The molecule has 0 aromatic heterocycles. The lowest BCUT2D eigenvalue weighted by atomic mass is 9.95. The van der Waals surface area contributed by atoms with Gasteiger partial charge in [-0.1, -0.05) is 6.07 Å². The second-order valence-corrected chi connectivity index (χ2v) is 4.39. The fourth-order valence-corrected chi connectivity index (χ4v) is 1.33. The Morgan fingerprint density at radius 3 is 2.72 bits per heavy atom. The van der Waals surface area contributed by atoms with E-state index in [2.05, 4.69) is 4.74 Å². The molecule has 4 nitrogen and oxygen atoms in total. The van der Waals surface area contributed by atoms with Gasteiger partial charge in [0.1, 0.15) is 29.8 Å². The van der Waals surface area contributed by atoms with Crippen molar-refractivity contribution in [2.45, 2.75) is 13.8 Å². The van der Waals surface area contributed by atoms with Gasteiger partial charge in [-0.25, -0.2) is 4.39 Å². The standard InChI is InChI=1S/C13H14FNO3/c1-13(2,12(16)17-3)8-18-11-6-4-5-10(14)9(11)7-15/h4-6H,8H2,1-3H3. The SMILES string of the molecule is COC(=O)C(C)(C)COc1cccc(F)c1C#N. The molecular weight excluding hydrogens is 237 g/mol. The Morgan fingerprint density at radius 1 is 1.50 bits per heavy atom. The highest BCUT2D eigenvalue weighted by Crippen LogP contribution is 2.24. The third-order valence-corrected chi connectivity index (χ3v) is 2.41. The van der Waals surface area contributed by atoms with Crippen LogP contribution in [0.5, 0.6) is 5.75 Å². The molecule has 0 aliphatic heterocycles. The van der Waals surface area contributed by atoms with Gasteiger partial charge < -0.3 is 9.47 Å². The van der Waals surface area contributed by atoms with Gasteiger partial charge in [-0.05, 0) is 26.0 Å². The second kappa shape index (κ2) is 5.50. The van der Waals surface area contributed by atoms with Gasteiger partial charge in [0.05, 0.1) is 12.5 Å². The van der Waals surface area contributed by atoms with Gasteiger partial charge >= 0.3 is 5.97 Å². The van der Waals surface area contributed by atoms with Gasteiger partial charge in [-0.15, -0.1) is 0 Å². The fraction of sp³-hybridized carbons (Fsp3) is 0.385. The molecule has 1 aromatic carbocycles. The molecule has 0 N–H and O–H groups in total. The van der Waals surface area contributed by atoms with Crippen molar-refractivity contribution in [3.05, 3.63) is 29.6 Å². The zero-order valence-corrected chi connectivity index (χ0v) is 10.5. The maximum atomic E-state index is 13.3. The lowest BCUT2D eigenvalue weighted by Gasteiger charge is -2.21. The summed E-state index contributed by atoms with van der Waals surface area (Å²) in [5, 5.41) is 8.82. The van der Waals surface area contributed by atoms with Gasteiger partial charge in [-0.2, -0.15) is 5.26 Å². The number of benzene rings is 1. The van der Waals surface area contributed by atoms with Crippen molar-refractivity contribution in [1.82, 2.24) is 0 Å². The van der Waals surface area contributed by atoms with Crippen LogP contribution in [0.15, 0.2) is 18.2 Å². The number of hydrogen-bond donors (Lipinski definition) is 0. The lowest BCUT2D eigenvalue weighted by molar-refractivity contribution is -0.152. The summed E-state index contributed by atoms with van der Waals surface area (Å²) in [6.07, 6.45) is 0. The van der Waals surface area contributed by atoms with Crippen LogP contribution in [0, 0.1) is 22.6 Å². The Kier molecular flexibility index (Phi) is 4.27. The number of nitriles is 1. The monoisotopic (exact) mass is 251 g/mol. The molecule has 0 aliphatic carbocycles. The van der Waals surface area contributed by atoms with E-state index in [9.17, 15) is 9.18 Å². The molecule has 5 heteroatoms. The van der Waals surface area contributed by atoms with E-state index in [-0.39, 0.29) is 17.9 Å². The van der Waals surface area contributed by atoms with Gasteiger partial charge in [0, 0.05) is 0 Å². The number of esters is 1. The van der Waals surface area contributed by atoms with Crippen LogP contribution in [0.1, 0.15) is 19.4 Å². The number of nitrogens with zero attached hydrogens (tertiary/aromatic N) is 1. The van der Waals surface area contributed by atoms with Crippen molar-refractivity contribution < 1.29 is 18.7 Å². The van der Waals surface area contributed by atoms with Crippen LogP contribution in [0.25, 0.3) is 0 Å². The Bertz CT molecular complexity index is 491. The molecule has 1 aromatic rings. The molecule has 0 atom stereocenters. The Labute approximate surface area is 105 Å². The van der Waals surface area contributed by atoms with E-state index in [1.807, 2.05) is 0 Å². The number of halogens is 1. The number of carbonyl (C=O) groups excluding carboxylic acids is 1. The van der Waals surface area contributed by atoms with E-state index in [1.54, 1.807) is 19.9 Å². The molecular formula is C13H14FNO3. The molecule has 0 fully saturated rings. The predicted octanol–water partition coefficient (Wildman–Crippen LogP) is 2.28. The average Bonchev–Trinajstić information content (AvgIpc) is 2.35. The molecule has 0 amide bonds. The van der Waals surface area contributed by atoms with Crippen molar-refractivity contribution in [2.24, 2.45) is 5.41 Å². The van der Waals surface area contributed by atoms with Crippen LogP contribution in [-0.4, -0.2) is 19.7 Å². The minimum atomic E-state index is -0.867. The van der Waals surface area contributed by atoms with E-state index < -0.39 is 17.2 Å². The number of ether oxygens (including phenoxy) is 2. The summed E-state index contributed by atoms with van der Waals surface area (Å²) in [7, 11) is 1.28. The molecule has 0 radical (unpaired) electrons. The van der Waals surface area contributed by atoms with Crippen LogP contribution in [0.2, 0.25) is 0 Å². The van der Waals surface area contributed by atoms with Crippen LogP contribution >= 0.6 is 0 Å². The van der Waals surface area contributed by atoms with Crippen molar-refractivity contribution >= 4 is 5.97 Å². The summed E-state index contributed by atoms with van der Waals surface area (Å²) in [5.41, 5.74) is -1.04.